The van der Waals surface area contributed by atoms with Crippen molar-refractivity contribution in [2.75, 3.05) is 21.3 Å². The lowest BCUT2D eigenvalue weighted by molar-refractivity contribution is 0.101. The quantitative estimate of drug-likeness (QED) is 0.839. The Bertz CT molecular complexity index is 371. The number of benzene rings is 1. The summed E-state index contributed by atoms with van der Waals surface area (Å²) in [5.41, 5.74) is 1.28. The number of halogens is 1. The van der Waals surface area contributed by atoms with E-state index in [0.29, 0.717) is 6.04 Å². The number of ether oxygens (including phenoxy) is 2. The normalized spacial score (nSPS) is 14.3. The van der Waals surface area contributed by atoms with Crippen LogP contribution in [0.4, 0.5) is 0 Å². The molecule has 0 saturated heterocycles. The molecule has 0 saturated carbocycles. The lowest BCUT2D eigenvalue weighted by Gasteiger charge is -2.20. The van der Waals surface area contributed by atoms with E-state index >= 15 is 0 Å². The molecule has 1 rings (SSSR count). The van der Waals surface area contributed by atoms with Crippen LogP contribution in [0.3, 0.4) is 0 Å². The third kappa shape index (κ3) is 4.59. The van der Waals surface area contributed by atoms with E-state index in [4.69, 9.17) is 9.47 Å². The highest BCUT2D eigenvalue weighted by Crippen LogP contribution is 2.26. The van der Waals surface area contributed by atoms with Crippen molar-refractivity contribution in [3.63, 3.8) is 0 Å². The molecule has 102 valence electrons. The van der Waals surface area contributed by atoms with E-state index in [1.165, 1.54) is 5.56 Å². The number of hydrogen-bond donors (Lipinski definition) is 1. The first-order valence-electron chi connectivity index (χ1n) is 6.13. The number of methoxy groups -OCH3 is 2. The summed E-state index contributed by atoms with van der Waals surface area (Å²) in [5.74, 6) is 0.866. The first-order valence-corrected chi connectivity index (χ1v) is 6.92. The smallest absolute Gasteiger partial charge is 0.133 e. The van der Waals surface area contributed by atoms with Gasteiger partial charge in [0.2, 0.25) is 0 Å². The van der Waals surface area contributed by atoms with E-state index in [9.17, 15) is 0 Å². The highest BCUT2D eigenvalue weighted by Gasteiger charge is 2.12. The summed E-state index contributed by atoms with van der Waals surface area (Å²) in [6, 6.07) is 6.62. The lowest BCUT2D eigenvalue weighted by Crippen LogP contribution is -2.31. The molecule has 4 heteroatoms. The average Bonchev–Trinajstić information content (AvgIpc) is 2.38. The van der Waals surface area contributed by atoms with Crippen LogP contribution in [0.1, 0.15) is 18.9 Å². The average molecular weight is 316 g/mol. The van der Waals surface area contributed by atoms with Gasteiger partial charge in [-0.3, -0.25) is 0 Å². The molecule has 2 unspecified atom stereocenters. The predicted octanol–water partition coefficient (Wildman–Crippen LogP) is 3.01. The van der Waals surface area contributed by atoms with Crippen LogP contribution in [0, 0.1) is 0 Å². The monoisotopic (exact) mass is 315 g/mol. The molecule has 2 atom stereocenters. The van der Waals surface area contributed by atoms with Gasteiger partial charge in [-0.2, -0.15) is 0 Å². The Labute approximate surface area is 118 Å². The summed E-state index contributed by atoms with van der Waals surface area (Å²) in [7, 11) is 5.42. The largest absolute Gasteiger partial charge is 0.496 e. The number of nitrogens with one attached hydrogen (secondary N) is 1. The Kier molecular flexibility index (Phi) is 6.68. The molecule has 0 aromatic heterocycles. The Morgan fingerprint density at radius 3 is 2.56 bits per heavy atom. The third-order valence-electron chi connectivity index (χ3n) is 3.13. The standard InChI is InChI=1S/C14H22BrNO2/c1-10(17-3)7-12(16-2)8-11-5-6-14(18-4)13(15)9-11/h5-6,9-10,12,16H,7-8H2,1-4H3. The van der Waals surface area contributed by atoms with Crippen LogP contribution in [-0.2, 0) is 11.2 Å². The zero-order valence-corrected chi connectivity index (χ0v) is 13.1. The van der Waals surface area contributed by atoms with Gasteiger partial charge < -0.3 is 14.8 Å². The van der Waals surface area contributed by atoms with Crippen LogP contribution >= 0.6 is 15.9 Å². The molecule has 0 radical (unpaired) electrons. The molecular weight excluding hydrogens is 294 g/mol. The van der Waals surface area contributed by atoms with Crippen LogP contribution in [0.5, 0.6) is 5.75 Å². The lowest BCUT2D eigenvalue weighted by atomic mass is 10.0. The molecule has 0 spiro atoms. The summed E-state index contributed by atoms with van der Waals surface area (Å²) in [5, 5.41) is 3.34. The van der Waals surface area contributed by atoms with Crippen molar-refractivity contribution in [1.82, 2.24) is 5.32 Å². The van der Waals surface area contributed by atoms with Crippen molar-refractivity contribution in [3.8, 4) is 5.75 Å². The first-order chi connectivity index (χ1) is 8.60. The SMILES string of the molecule is CNC(Cc1ccc(OC)c(Br)c1)CC(C)OC. The van der Waals surface area contributed by atoms with Gasteiger partial charge >= 0.3 is 0 Å². The summed E-state index contributed by atoms with van der Waals surface area (Å²) < 4.78 is 11.5. The summed E-state index contributed by atoms with van der Waals surface area (Å²) in [4.78, 5) is 0. The van der Waals surface area contributed by atoms with Gasteiger partial charge in [0.05, 0.1) is 17.7 Å². The molecular formula is C14H22BrNO2. The second-order valence-electron chi connectivity index (χ2n) is 4.44. The molecule has 0 bridgehead atoms. The summed E-state index contributed by atoms with van der Waals surface area (Å²) in [6.07, 6.45) is 2.24. The maximum absolute atomic E-state index is 5.31. The minimum atomic E-state index is 0.268. The van der Waals surface area contributed by atoms with E-state index < -0.39 is 0 Å². The fraction of sp³-hybridized carbons (Fsp3) is 0.571. The second kappa shape index (κ2) is 7.77. The van der Waals surface area contributed by atoms with Crippen molar-refractivity contribution in [3.05, 3.63) is 28.2 Å². The summed E-state index contributed by atoms with van der Waals surface area (Å²) >= 11 is 3.51. The van der Waals surface area contributed by atoms with Gasteiger partial charge in [0, 0.05) is 13.2 Å². The van der Waals surface area contributed by atoms with Gasteiger partial charge in [-0.05, 0) is 60.4 Å². The van der Waals surface area contributed by atoms with E-state index in [-0.39, 0.29) is 6.10 Å². The number of rotatable bonds is 7. The van der Waals surface area contributed by atoms with Crippen LogP contribution in [0.2, 0.25) is 0 Å². The zero-order chi connectivity index (χ0) is 13.5. The van der Waals surface area contributed by atoms with Crippen LogP contribution < -0.4 is 10.1 Å². The van der Waals surface area contributed by atoms with E-state index in [1.807, 2.05) is 13.1 Å². The maximum Gasteiger partial charge on any atom is 0.133 e. The number of likely N-dealkylation sites (N-methyl/N-ethyl adjacent to an activating group) is 1. The molecule has 0 amide bonds. The van der Waals surface area contributed by atoms with Crippen molar-refractivity contribution in [2.45, 2.75) is 31.9 Å². The molecule has 3 nitrogen and oxygen atoms in total. The highest BCUT2D eigenvalue weighted by atomic mass is 79.9. The summed E-state index contributed by atoms with van der Waals surface area (Å²) in [6.45, 7) is 2.09. The molecule has 1 N–H and O–H groups in total. The minimum Gasteiger partial charge on any atom is -0.496 e. The van der Waals surface area contributed by atoms with Gasteiger partial charge in [-0.15, -0.1) is 0 Å². The predicted molar refractivity (Wildman–Crippen MR) is 78.3 cm³/mol. The second-order valence-corrected chi connectivity index (χ2v) is 5.29. The fourth-order valence-corrected chi connectivity index (χ4v) is 2.51. The van der Waals surface area contributed by atoms with E-state index in [1.54, 1.807) is 14.2 Å². The molecule has 1 aromatic carbocycles. The van der Waals surface area contributed by atoms with E-state index in [2.05, 4.69) is 40.3 Å². The van der Waals surface area contributed by atoms with E-state index in [0.717, 1.165) is 23.1 Å². The van der Waals surface area contributed by atoms with Crippen LogP contribution in [-0.4, -0.2) is 33.4 Å². The zero-order valence-electron chi connectivity index (χ0n) is 11.5. The van der Waals surface area contributed by atoms with Gasteiger partial charge in [-0.25, -0.2) is 0 Å². The fourth-order valence-electron chi connectivity index (χ4n) is 1.92. The van der Waals surface area contributed by atoms with Crippen molar-refractivity contribution < 1.29 is 9.47 Å². The molecule has 0 heterocycles. The van der Waals surface area contributed by atoms with Crippen molar-refractivity contribution in [2.24, 2.45) is 0 Å². The van der Waals surface area contributed by atoms with Crippen molar-refractivity contribution in [1.29, 1.82) is 0 Å². The Balaban J connectivity index is 2.67. The van der Waals surface area contributed by atoms with Crippen LogP contribution in [0.25, 0.3) is 0 Å². The van der Waals surface area contributed by atoms with Gasteiger partial charge in [-0.1, -0.05) is 6.07 Å². The minimum absolute atomic E-state index is 0.268. The van der Waals surface area contributed by atoms with Gasteiger partial charge in [0.1, 0.15) is 5.75 Å². The molecule has 0 aliphatic heterocycles. The van der Waals surface area contributed by atoms with Gasteiger partial charge in [0.25, 0.3) is 0 Å². The third-order valence-corrected chi connectivity index (χ3v) is 3.75. The molecule has 0 fully saturated rings. The number of hydrogen-bond acceptors (Lipinski definition) is 3. The van der Waals surface area contributed by atoms with Gasteiger partial charge in [0.15, 0.2) is 0 Å². The Morgan fingerprint density at radius 2 is 2.06 bits per heavy atom. The topological polar surface area (TPSA) is 30.5 Å². The molecule has 0 aliphatic rings. The molecule has 18 heavy (non-hydrogen) atoms. The molecule has 0 aliphatic carbocycles. The van der Waals surface area contributed by atoms with Crippen molar-refractivity contribution >= 4 is 15.9 Å². The first kappa shape index (κ1) is 15.5. The van der Waals surface area contributed by atoms with Crippen LogP contribution in [0.15, 0.2) is 22.7 Å². The maximum atomic E-state index is 5.31. The Morgan fingerprint density at radius 1 is 1.33 bits per heavy atom. The molecule has 1 aromatic rings. The Hall–Kier alpha value is -0.580. The highest BCUT2D eigenvalue weighted by molar-refractivity contribution is 9.10.